The first kappa shape index (κ1) is 19.1. The van der Waals surface area contributed by atoms with Crippen molar-refractivity contribution in [3.8, 4) is 0 Å². The van der Waals surface area contributed by atoms with Crippen molar-refractivity contribution in [1.82, 2.24) is 0 Å². The zero-order chi connectivity index (χ0) is 19.6. The van der Waals surface area contributed by atoms with E-state index in [0.717, 1.165) is 18.6 Å². The van der Waals surface area contributed by atoms with Crippen LogP contribution in [0, 0.1) is 11.6 Å². The summed E-state index contributed by atoms with van der Waals surface area (Å²) < 4.78 is 26.2. The second-order valence-electron chi connectivity index (χ2n) is 6.30. The van der Waals surface area contributed by atoms with Crippen LogP contribution in [0.3, 0.4) is 0 Å². The smallest absolute Gasteiger partial charge is 0.246 e. The molecule has 1 saturated heterocycles. The summed E-state index contributed by atoms with van der Waals surface area (Å²) in [5, 5.41) is 5.91. The largest absolute Gasteiger partial charge is 0.374 e. The predicted octanol–water partition coefficient (Wildman–Crippen LogP) is 4.18. The topological polar surface area (TPSA) is 61.4 Å². The van der Waals surface area contributed by atoms with E-state index in [-0.39, 0.29) is 11.6 Å². The molecule has 0 aromatic heterocycles. The number of anilines is 3. The minimum atomic E-state index is -1.03. The lowest BCUT2D eigenvalue weighted by molar-refractivity contribution is -0.117. The Labute approximate surface area is 160 Å². The van der Waals surface area contributed by atoms with Gasteiger partial charge in [0.2, 0.25) is 11.8 Å². The third-order valence-corrected chi connectivity index (χ3v) is 4.58. The Morgan fingerprint density at radius 3 is 2.52 bits per heavy atom. The zero-order valence-electron chi connectivity index (χ0n) is 14.6. The van der Waals surface area contributed by atoms with Gasteiger partial charge in [-0.25, -0.2) is 8.78 Å². The first-order chi connectivity index (χ1) is 12.8. The van der Waals surface area contributed by atoms with E-state index in [9.17, 15) is 18.4 Å². The molecule has 1 unspecified atom stereocenters. The number of halogens is 3. The molecule has 1 fully saturated rings. The molecule has 1 heterocycles. The number of nitrogens with one attached hydrogen (secondary N) is 2. The second-order valence-corrected chi connectivity index (χ2v) is 6.71. The summed E-state index contributed by atoms with van der Waals surface area (Å²) in [4.78, 5) is 25.7. The molecule has 0 bridgehead atoms. The number of nitrogens with zero attached hydrogens (tertiary/aromatic N) is 1. The van der Waals surface area contributed by atoms with Gasteiger partial charge in [-0.15, -0.1) is 0 Å². The molecule has 1 atom stereocenters. The molecule has 2 N–H and O–H groups in total. The number of rotatable bonds is 5. The summed E-state index contributed by atoms with van der Waals surface area (Å²) in [6.07, 6.45) is 1.31. The van der Waals surface area contributed by atoms with Crippen molar-refractivity contribution >= 4 is 40.5 Å². The van der Waals surface area contributed by atoms with Crippen LogP contribution in [0.5, 0.6) is 0 Å². The lowest BCUT2D eigenvalue weighted by Gasteiger charge is -2.20. The number of hydrogen-bond acceptors (Lipinski definition) is 3. The van der Waals surface area contributed by atoms with Gasteiger partial charge in [0.1, 0.15) is 6.04 Å². The van der Waals surface area contributed by atoms with Crippen LogP contribution < -0.4 is 15.5 Å². The summed E-state index contributed by atoms with van der Waals surface area (Å²) in [6, 6.07) is 7.58. The van der Waals surface area contributed by atoms with Crippen LogP contribution in [0.15, 0.2) is 36.4 Å². The van der Waals surface area contributed by atoms with Gasteiger partial charge in [-0.1, -0.05) is 11.6 Å². The van der Waals surface area contributed by atoms with Gasteiger partial charge in [-0.05, 0) is 43.7 Å². The van der Waals surface area contributed by atoms with Crippen LogP contribution >= 0.6 is 11.6 Å². The summed E-state index contributed by atoms with van der Waals surface area (Å²) in [6.45, 7) is 2.26. The molecule has 0 saturated carbocycles. The van der Waals surface area contributed by atoms with Gasteiger partial charge in [0.05, 0.1) is 10.7 Å². The highest BCUT2D eigenvalue weighted by Gasteiger charge is 2.24. The van der Waals surface area contributed by atoms with Crippen LogP contribution in [0.25, 0.3) is 0 Å². The van der Waals surface area contributed by atoms with Crippen LogP contribution in [-0.4, -0.2) is 24.4 Å². The van der Waals surface area contributed by atoms with E-state index in [1.807, 2.05) is 0 Å². The number of hydrogen-bond donors (Lipinski definition) is 2. The van der Waals surface area contributed by atoms with E-state index in [1.165, 1.54) is 6.07 Å². The fraction of sp³-hybridized carbons (Fsp3) is 0.263. The molecule has 0 spiro atoms. The van der Waals surface area contributed by atoms with Gasteiger partial charge in [0.15, 0.2) is 11.6 Å². The Kier molecular flexibility index (Phi) is 5.60. The van der Waals surface area contributed by atoms with Crippen LogP contribution in [0.4, 0.5) is 25.8 Å². The Morgan fingerprint density at radius 1 is 1.15 bits per heavy atom. The van der Waals surface area contributed by atoms with Crippen molar-refractivity contribution in [2.75, 3.05) is 22.1 Å². The van der Waals surface area contributed by atoms with Crippen molar-refractivity contribution in [2.24, 2.45) is 0 Å². The highest BCUT2D eigenvalue weighted by molar-refractivity contribution is 6.34. The maximum Gasteiger partial charge on any atom is 0.246 e. The number of benzene rings is 2. The molecule has 5 nitrogen and oxygen atoms in total. The molecule has 27 heavy (non-hydrogen) atoms. The van der Waals surface area contributed by atoms with Crippen molar-refractivity contribution in [2.45, 2.75) is 25.8 Å². The van der Waals surface area contributed by atoms with Crippen molar-refractivity contribution in [3.63, 3.8) is 0 Å². The summed E-state index contributed by atoms with van der Waals surface area (Å²) in [5.74, 6) is -2.40. The molecule has 8 heteroatoms. The molecule has 0 aliphatic carbocycles. The monoisotopic (exact) mass is 393 g/mol. The van der Waals surface area contributed by atoms with E-state index < -0.39 is 23.6 Å². The van der Waals surface area contributed by atoms with Gasteiger partial charge in [-0.3, -0.25) is 9.59 Å². The fourth-order valence-corrected chi connectivity index (χ4v) is 3.14. The van der Waals surface area contributed by atoms with Gasteiger partial charge in [0.25, 0.3) is 0 Å². The molecule has 1 aliphatic heterocycles. The van der Waals surface area contributed by atoms with Gasteiger partial charge < -0.3 is 15.5 Å². The molecular weight excluding hydrogens is 376 g/mol. The standard InChI is InChI=1S/C19H18ClF2N3O2/c1-11(19(27)24-13-4-6-15(21)16(22)10-13)23-12-5-7-17(14(20)9-12)25-8-2-3-18(25)26/h4-7,9-11,23H,2-3,8H2,1H3,(H,24,27). The SMILES string of the molecule is CC(Nc1ccc(N2CCCC2=O)c(Cl)c1)C(=O)Nc1ccc(F)c(F)c1. The van der Waals surface area contributed by atoms with Crippen molar-refractivity contribution in [1.29, 1.82) is 0 Å². The average Bonchev–Trinajstić information content (AvgIpc) is 3.04. The van der Waals surface area contributed by atoms with Gasteiger partial charge >= 0.3 is 0 Å². The minimum Gasteiger partial charge on any atom is -0.374 e. The lowest BCUT2D eigenvalue weighted by atomic mass is 10.2. The number of carbonyl (C=O) groups is 2. The lowest BCUT2D eigenvalue weighted by Crippen LogP contribution is -2.32. The third-order valence-electron chi connectivity index (χ3n) is 4.28. The summed E-state index contributed by atoms with van der Waals surface area (Å²) in [7, 11) is 0. The minimum absolute atomic E-state index is 0.0388. The molecule has 3 rings (SSSR count). The Bertz CT molecular complexity index is 891. The Balaban J connectivity index is 1.65. The average molecular weight is 394 g/mol. The maximum atomic E-state index is 13.2. The van der Waals surface area contributed by atoms with Crippen LogP contribution in [0.1, 0.15) is 19.8 Å². The first-order valence-electron chi connectivity index (χ1n) is 8.47. The number of amides is 2. The molecule has 2 aromatic carbocycles. The molecule has 142 valence electrons. The van der Waals surface area contributed by atoms with Crippen molar-refractivity contribution in [3.05, 3.63) is 53.1 Å². The van der Waals surface area contributed by atoms with E-state index in [0.29, 0.717) is 29.4 Å². The zero-order valence-corrected chi connectivity index (χ0v) is 15.3. The van der Waals surface area contributed by atoms with E-state index in [2.05, 4.69) is 10.6 Å². The predicted molar refractivity (Wildman–Crippen MR) is 101 cm³/mol. The molecule has 2 aromatic rings. The fourth-order valence-electron chi connectivity index (χ4n) is 2.86. The summed E-state index contributed by atoms with van der Waals surface area (Å²) >= 11 is 6.29. The highest BCUT2D eigenvalue weighted by atomic mass is 35.5. The second kappa shape index (κ2) is 7.92. The quantitative estimate of drug-likeness (QED) is 0.801. The molecule has 2 amide bonds. The van der Waals surface area contributed by atoms with E-state index >= 15 is 0 Å². The third kappa shape index (κ3) is 4.36. The maximum absolute atomic E-state index is 13.2. The first-order valence-corrected chi connectivity index (χ1v) is 8.85. The molecule has 1 aliphatic rings. The van der Waals surface area contributed by atoms with Crippen LogP contribution in [-0.2, 0) is 9.59 Å². The normalized spacial score (nSPS) is 15.0. The Hall–Kier alpha value is -2.67. The summed E-state index contributed by atoms with van der Waals surface area (Å²) in [5.41, 5.74) is 1.40. The van der Waals surface area contributed by atoms with Gasteiger partial charge in [-0.2, -0.15) is 0 Å². The number of carbonyl (C=O) groups excluding carboxylic acids is 2. The highest BCUT2D eigenvalue weighted by Crippen LogP contribution is 2.31. The van der Waals surface area contributed by atoms with Crippen LogP contribution in [0.2, 0.25) is 5.02 Å². The Morgan fingerprint density at radius 2 is 1.89 bits per heavy atom. The molecule has 0 radical (unpaired) electrons. The van der Waals surface area contributed by atoms with E-state index in [1.54, 1.807) is 30.0 Å². The van der Waals surface area contributed by atoms with E-state index in [4.69, 9.17) is 11.6 Å². The molecular formula is C19H18ClF2N3O2. The van der Waals surface area contributed by atoms with Gasteiger partial charge in [0, 0.05) is 30.4 Å². The van der Waals surface area contributed by atoms with Crippen molar-refractivity contribution < 1.29 is 18.4 Å².